The molecular weight excluding hydrogens is 341 g/mol. The number of hydrogen-bond acceptors (Lipinski definition) is 2. The molecule has 3 heteroatoms. The fraction of sp³-hybridized carbons (Fsp3) is 0.286. The van der Waals surface area contributed by atoms with E-state index in [9.17, 15) is 0 Å². The van der Waals surface area contributed by atoms with E-state index >= 15 is 0 Å². The lowest BCUT2D eigenvalue weighted by molar-refractivity contribution is 0.495. The highest BCUT2D eigenvalue weighted by Gasteiger charge is 2.11. The number of nitrogens with one attached hydrogen (secondary N) is 1. The lowest BCUT2D eigenvalue weighted by Gasteiger charge is -2.19. The number of thiophene rings is 1. The Morgan fingerprint density at radius 2 is 1.65 bits per heavy atom. The molecule has 2 rings (SSSR count). The van der Waals surface area contributed by atoms with Crippen LogP contribution in [-0.4, -0.2) is 0 Å². The first-order chi connectivity index (χ1) is 8.16. The summed E-state index contributed by atoms with van der Waals surface area (Å²) < 4.78 is 1.28. The summed E-state index contributed by atoms with van der Waals surface area (Å²) in [5.41, 5.74) is 2.71. The van der Waals surface area contributed by atoms with Gasteiger partial charge in [-0.3, -0.25) is 0 Å². The van der Waals surface area contributed by atoms with E-state index in [1.54, 1.807) is 11.3 Å². The van der Waals surface area contributed by atoms with Crippen molar-refractivity contribution in [2.24, 2.45) is 0 Å². The predicted molar refractivity (Wildman–Crippen MR) is 83.4 cm³/mol. The number of halogens is 1. The van der Waals surface area contributed by atoms with Gasteiger partial charge in [-0.15, -0.1) is 0 Å². The third kappa shape index (κ3) is 3.53. The van der Waals surface area contributed by atoms with Gasteiger partial charge in [-0.25, -0.2) is 0 Å². The SMILES string of the molecule is CC(NC(C)c1ccsc1)c1ccc(I)cc1. The molecule has 0 aliphatic heterocycles. The average molecular weight is 357 g/mol. The standard InChI is InChI=1S/C14H16INS/c1-10(12-3-5-14(15)6-4-12)16-11(2)13-7-8-17-9-13/h3-11,16H,1-2H3. The molecule has 2 aromatic rings. The summed E-state index contributed by atoms with van der Waals surface area (Å²) in [5, 5.41) is 7.96. The first-order valence-corrected chi connectivity index (χ1v) is 7.72. The van der Waals surface area contributed by atoms with Crippen LogP contribution in [0.5, 0.6) is 0 Å². The molecule has 0 amide bonds. The van der Waals surface area contributed by atoms with Gasteiger partial charge < -0.3 is 5.32 Å². The normalized spacial score (nSPS) is 14.5. The number of rotatable bonds is 4. The first-order valence-electron chi connectivity index (χ1n) is 5.70. The molecule has 1 aromatic carbocycles. The third-order valence-electron chi connectivity index (χ3n) is 2.91. The van der Waals surface area contributed by atoms with E-state index in [2.05, 4.69) is 82.8 Å². The molecule has 0 radical (unpaired) electrons. The topological polar surface area (TPSA) is 12.0 Å². The molecule has 1 heterocycles. The van der Waals surface area contributed by atoms with Crippen molar-refractivity contribution < 1.29 is 0 Å². The molecule has 0 saturated heterocycles. The van der Waals surface area contributed by atoms with E-state index in [1.165, 1.54) is 14.7 Å². The van der Waals surface area contributed by atoms with Crippen LogP contribution in [0.25, 0.3) is 0 Å². The Kier molecular flexibility index (Phi) is 4.59. The Labute approximate surface area is 120 Å². The monoisotopic (exact) mass is 357 g/mol. The maximum atomic E-state index is 3.62. The third-order valence-corrected chi connectivity index (χ3v) is 4.33. The molecule has 0 aliphatic carbocycles. The molecule has 1 N–H and O–H groups in total. The van der Waals surface area contributed by atoms with Crippen LogP contribution in [-0.2, 0) is 0 Å². The molecule has 17 heavy (non-hydrogen) atoms. The largest absolute Gasteiger partial charge is 0.304 e. The lowest BCUT2D eigenvalue weighted by Crippen LogP contribution is -2.22. The fourth-order valence-electron chi connectivity index (χ4n) is 1.84. The molecule has 0 spiro atoms. The molecule has 1 nitrogen and oxygen atoms in total. The molecule has 0 bridgehead atoms. The second-order valence-corrected chi connectivity index (χ2v) is 6.24. The maximum absolute atomic E-state index is 3.62. The van der Waals surface area contributed by atoms with Crippen molar-refractivity contribution in [3.8, 4) is 0 Å². The minimum atomic E-state index is 0.377. The van der Waals surface area contributed by atoms with Gasteiger partial charge in [0.05, 0.1) is 0 Å². The first kappa shape index (κ1) is 13.1. The summed E-state index contributed by atoms with van der Waals surface area (Å²) in [6.45, 7) is 4.43. The van der Waals surface area contributed by atoms with Crippen molar-refractivity contribution in [3.05, 3.63) is 55.8 Å². The van der Waals surface area contributed by atoms with E-state index in [0.717, 1.165) is 0 Å². The molecule has 2 unspecified atom stereocenters. The summed E-state index contributed by atoms with van der Waals surface area (Å²) in [7, 11) is 0. The van der Waals surface area contributed by atoms with E-state index in [-0.39, 0.29) is 0 Å². The molecule has 1 aromatic heterocycles. The Morgan fingerprint density at radius 3 is 2.24 bits per heavy atom. The zero-order valence-electron chi connectivity index (χ0n) is 9.98. The van der Waals surface area contributed by atoms with Crippen molar-refractivity contribution in [1.29, 1.82) is 0 Å². The smallest absolute Gasteiger partial charge is 0.0305 e. The van der Waals surface area contributed by atoms with Crippen LogP contribution < -0.4 is 5.32 Å². The van der Waals surface area contributed by atoms with Crippen LogP contribution in [0.4, 0.5) is 0 Å². The van der Waals surface area contributed by atoms with Gasteiger partial charge in [-0.1, -0.05) is 12.1 Å². The van der Waals surface area contributed by atoms with Gasteiger partial charge in [0.1, 0.15) is 0 Å². The minimum absolute atomic E-state index is 0.377. The van der Waals surface area contributed by atoms with Gasteiger partial charge in [-0.2, -0.15) is 11.3 Å². The van der Waals surface area contributed by atoms with E-state index in [0.29, 0.717) is 12.1 Å². The molecule has 2 atom stereocenters. The van der Waals surface area contributed by atoms with Gasteiger partial charge in [-0.05, 0) is 76.5 Å². The summed E-state index contributed by atoms with van der Waals surface area (Å²) in [5.74, 6) is 0. The Morgan fingerprint density at radius 1 is 1.00 bits per heavy atom. The molecule has 90 valence electrons. The highest BCUT2D eigenvalue weighted by atomic mass is 127. The van der Waals surface area contributed by atoms with E-state index in [4.69, 9.17) is 0 Å². The molecular formula is C14H16INS. The Bertz CT molecular complexity index is 450. The van der Waals surface area contributed by atoms with Gasteiger partial charge in [0.2, 0.25) is 0 Å². The van der Waals surface area contributed by atoms with Crippen LogP contribution in [0, 0.1) is 3.57 Å². The van der Waals surface area contributed by atoms with E-state index in [1.807, 2.05) is 0 Å². The Hall–Kier alpha value is -0.390. The van der Waals surface area contributed by atoms with Crippen molar-refractivity contribution in [3.63, 3.8) is 0 Å². The van der Waals surface area contributed by atoms with Crippen LogP contribution in [0.2, 0.25) is 0 Å². The predicted octanol–water partition coefficient (Wildman–Crippen LogP) is 4.76. The zero-order valence-corrected chi connectivity index (χ0v) is 13.0. The average Bonchev–Trinajstić information content (AvgIpc) is 2.83. The van der Waals surface area contributed by atoms with Gasteiger partial charge in [0.25, 0.3) is 0 Å². The van der Waals surface area contributed by atoms with Crippen LogP contribution in [0.15, 0.2) is 41.1 Å². The van der Waals surface area contributed by atoms with Crippen molar-refractivity contribution in [2.75, 3.05) is 0 Å². The maximum Gasteiger partial charge on any atom is 0.0305 e. The van der Waals surface area contributed by atoms with Crippen molar-refractivity contribution >= 4 is 33.9 Å². The van der Waals surface area contributed by atoms with Gasteiger partial charge >= 0.3 is 0 Å². The van der Waals surface area contributed by atoms with Crippen LogP contribution in [0.1, 0.15) is 37.1 Å². The quantitative estimate of drug-likeness (QED) is 0.778. The summed E-state index contributed by atoms with van der Waals surface area (Å²) >= 11 is 4.09. The van der Waals surface area contributed by atoms with Gasteiger partial charge in [0, 0.05) is 15.7 Å². The highest BCUT2D eigenvalue weighted by Crippen LogP contribution is 2.21. The fourth-order valence-corrected chi connectivity index (χ4v) is 2.95. The zero-order chi connectivity index (χ0) is 12.3. The number of hydrogen-bond donors (Lipinski definition) is 1. The van der Waals surface area contributed by atoms with E-state index < -0.39 is 0 Å². The van der Waals surface area contributed by atoms with Crippen LogP contribution in [0.3, 0.4) is 0 Å². The molecule has 0 fully saturated rings. The highest BCUT2D eigenvalue weighted by molar-refractivity contribution is 14.1. The molecule has 0 saturated carbocycles. The lowest BCUT2D eigenvalue weighted by atomic mass is 10.1. The van der Waals surface area contributed by atoms with Crippen molar-refractivity contribution in [1.82, 2.24) is 5.32 Å². The Balaban J connectivity index is 2.01. The summed E-state index contributed by atoms with van der Waals surface area (Å²) in [6, 6.07) is 11.7. The minimum Gasteiger partial charge on any atom is -0.304 e. The number of benzene rings is 1. The second kappa shape index (κ2) is 5.98. The van der Waals surface area contributed by atoms with Gasteiger partial charge in [0.15, 0.2) is 0 Å². The summed E-state index contributed by atoms with van der Waals surface area (Å²) in [4.78, 5) is 0. The summed E-state index contributed by atoms with van der Waals surface area (Å²) in [6.07, 6.45) is 0. The van der Waals surface area contributed by atoms with Crippen LogP contribution >= 0.6 is 33.9 Å². The van der Waals surface area contributed by atoms with Crippen molar-refractivity contribution in [2.45, 2.75) is 25.9 Å². The molecule has 0 aliphatic rings. The second-order valence-electron chi connectivity index (χ2n) is 4.22.